The highest BCUT2D eigenvalue weighted by Gasteiger charge is 2.13. The summed E-state index contributed by atoms with van der Waals surface area (Å²) in [5.74, 6) is -0.301. The zero-order chi connectivity index (χ0) is 10.0. The van der Waals surface area contributed by atoms with Gasteiger partial charge in [0.2, 0.25) is 0 Å². The number of carbonyl (C=O) groups is 1. The molecule has 1 N–H and O–H groups in total. The molecule has 0 aliphatic rings. The van der Waals surface area contributed by atoms with Gasteiger partial charge in [0.1, 0.15) is 10.8 Å². The molecule has 0 aliphatic heterocycles. The maximum Gasteiger partial charge on any atom is 0.174 e. The van der Waals surface area contributed by atoms with Gasteiger partial charge < -0.3 is 5.11 Å². The van der Waals surface area contributed by atoms with Crippen molar-refractivity contribution in [1.82, 2.24) is 0 Å². The summed E-state index contributed by atoms with van der Waals surface area (Å²) in [5, 5.41) is 9.41. The quantitative estimate of drug-likeness (QED) is 0.668. The van der Waals surface area contributed by atoms with Crippen molar-refractivity contribution >= 4 is 44.9 Å². The van der Waals surface area contributed by atoms with Gasteiger partial charge in [-0.2, -0.15) is 0 Å². The molecule has 13 heavy (non-hydrogen) atoms. The lowest BCUT2D eigenvalue weighted by molar-refractivity contribution is 0.102. The molecule has 0 radical (unpaired) electrons. The number of alkyl halides is 1. The molecule has 0 saturated heterocycles. The fourth-order valence-corrected chi connectivity index (χ4v) is 1.56. The number of phenols is 1. The summed E-state index contributed by atoms with van der Waals surface area (Å²) in [4.78, 5) is 11.2. The third kappa shape index (κ3) is 2.16. The van der Waals surface area contributed by atoms with E-state index in [0.29, 0.717) is 5.56 Å². The molecule has 1 aromatic rings. The monoisotopic (exact) mass is 282 g/mol. The van der Waals surface area contributed by atoms with E-state index in [0.717, 1.165) is 0 Å². The number of rotatable bonds is 2. The van der Waals surface area contributed by atoms with Crippen LogP contribution in [0.3, 0.4) is 0 Å². The lowest BCUT2D eigenvalue weighted by Gasteiger charge is -2.04. The van der Waals surface area contributed by atoms with Crippen LogP contribution in [0.4, 0.5) is 0 Å². The van der Waals surface area contributed by atoms with Crippen molar-refractivity contribution in [3.05, 3.63) is 27.7 Å². The Morgan fingerprint density at radius 3 is 2.54 bits per heavy atom. The Morgan fingerprint density at radius 1 is 1.38 bits per heavy atom. The van der Waals surface area contributed by atoms with Crippen LogP contribution >= 0.6 is 39.1 Å². The van der Waals surface area contributed by atoms with Gasteiger partial charge in [0.15, 0.2) is 5.78 Å². The zero-order valence-corrected chi connectivity index (χ0v) is 9.45. The number of hydrogen-bond donors (Lipinski definition) is 1. The van der Waals surface area contributed by atoms with Crippen LogP contribution in [0.15, 0.2) is 12.1 Å². The van der Waals surface area contributed by atoms with Crippen LogP contribution < -0.4 is 0 Å². The second-order valence-corrected chi connectivity index (χ2v) is 3.63. The molecule has 0 unspecified atom stereocenters. The van der Waals surface area contributed by atoms with Gasteiger partial charge in [0, 0.05) is 5.56 Å². The van der Waals surface area contributed by atoms with Crippen molar-refractivity contribution in [2.75, 3.05) is 5.33 Å². The summed E-state index contributed by atoms with van der Waals surface area (Å²) in [6.07, 6.45) is 0. The van der Waals surface area contributed by atoms with Gasteiger partial charge in [0.05, 0.1) is 10.4 Å². The molecule has 0 aromatic heterocycles. The van der Waals surface area contributed by atoms with Gasteiger partial charge in [0.25, 0.3) is 0 Å². The number of aromatic hydroxyl groups is 1. The van der Waals surface area contributed by atoms with E-state index >= 15 is 0 Å². The minimum absolute atomic E-state index is 0.00784. The molecule has 70 valence electrons. The van der Waals surface area contributed by atoms with Gasteiger partial charge >= 0.3 is 0 Å². The first kappa shape index (κ1) is 10.8. The summed E-state index contributed by atoms with van der Waals surface area (Å²) in [6.45, 7) is 0. The number of halogens is 3. The van der Waals surface area contributed by atoms with Crippen molar-refractivity contribution < 1.29 is 9.90 Å². The molecule has 0 bridgehead atoms. The van der Waals surface area contributed by atoms with Gasteiger partial charge in [-0.05, 0) is 12.1 Å². The first-order valence-electron chi connectivity index (χ1n) is 3.34. The van der Waals surface area contributed by atoms with Crippen molar-refractivity contribution in [1.29, 1.82) is 0 Å². The fourth-order valence-electron chi connectivity index (χ4n) is 0.827. The van der Waals surface area contributed by atoms with Crippen LogP contribution in [0.25, 0.3) is 0 Å². The van der Waals surface area contributed by atoms with E-state index in [-0.39, 0.29) is 26.9 Å². The van der Waals surface area contributed by atoms with Gasteiger partial charge in [-0.1, -0.05) is 39.1 Å². The summed E-state index contributed by atoms with van der Waals surface area (Å²) in [6, 6.07) is 2.78. The molecule has 1 aromatic carbocycles. The Labute approximate surface area is 93.6 Å². The van der Waals surface area contributed by atoms with Gasteiger partial charge in [-0.15, -0.1) is 0 Å². The molecule has 0 atom stereocenters. The smallest absolute Gasteiger partial charge is 0.174 e. The molecule has 0 amide bonds. The molecule has 0 saturated carbocycles. The van der Waals surface area contributed by atoms with Gasteiger partial charge in [-0.3, -0.25) is 4.79 Å². The van der Waals surface area contributed by atoms with E-state index in [1.54, 1.807) is 0 Å². The predicted octanol–water partition coefficient (Wildman–Crippen LogP) is 3.28. The van der Waals surface area contributed by atoms with Crippen molar-refractivity contribution in [2.45, 2.75) is 0 Å². The maximum absolute atomic E-state index is 11.2. The second-order valence-electron chi connectivity index (χ2n) is 2.32. The number of Topliss-reactive ketones (excluding diaryl/α,β-unsaturated/α-hetero) is 1. The molecular formula is C8H5BrCl2O2. The van der Waals surface area contributed by atoms with Crippen molar-refractivity contribution in [2.24, 2.45) is 0 Å². The number of carbonyl (C=O) groups excluding carboxylic acids is 1. The summed E-state index contributed by atoms with van der Waals surface area (Å²) in [7, 11) is 0. The van der Waals surface area contributed by atoms with Crippen LogP contribution in [0.1, 0.15) is 10.4 Å². The molecule has 1 rings (SSSR count). The van der Waals surface area contributed by atoms with E-state index < -0.39 is 0 Å². The fraction of sp³-hybridized carbons (Fsp3) is 0.125. The number of ketones is 1. The topological polar surface area (TPSA) is 37.3 Å². The zero-order valence-electron chi connectivity index (χ0n) is 6.35. The minimum atomic E-state index is -0.174. The highest BCUT2D eigenvalue weighted by molar-refractivity contribution is 9.09. The van der Waals surface area contributed by atoms with Crippen LogP contribution in [0.2, 0.25) is 10.0 Å². The summed E-state index contributed by atoms with van der Waals surface area (Å²) >= 11 is 14.4. The highest BCUT2D eigenvalue weighted by Crippen LogP contribution is 2.33. The number of hydrogen-bond acceptors (Lipinski definition) is 2. The maximum atomic E-state index is 11.2. The Hall–Kier alpha value is -0.250. The van der Waals surface area contributed by atoms with E-state index in [1.807, 2.05) is 0 Å². The van der Waals surface area contributed by atoms with E-state index in [4.69, 9.17) is 28.3 Å². The molecule has 0 spiro atoms. The second kappa shape index (κ2) is 4.31. The minimum Gasteiger partial charge on any atom is -0.506 e. The van der Waals surface area contributed by atoms with Gasteiger partial charge in [-0.25, -0.2) is 0 Å². The SMILES string of the molecule is O=C(CBr)c1ccc(O)c(Cl)c1Cl. The molecule has 0 aliphatic carbocycles. The lowest BCUT2D eigenvalue weighted by Crippen LogP contribution is -2.00. The Morgan fingerprint density at radius 2 is 2.00 bits per heavy atom. The Balaban J connectivity index is 3.26. The summed E-state index contributed by atoms with van der Waals surface area (Å²) in [5.41, 5.74) is 0.307. The molecule has 0 heterocycles. The average molecular weight is 284 g/mol. The Kier molecular flexibility index (Phi) is 3.59. The number of benzene rings is 1. The van der Waals surface area contributed by atoms with Crippen LogP contribution in [0, 0.1) is 0 Å². The normalized spacial score (nSPS) is 10.1. The standard InChI is InChI=1S/C8H5BrCl2O2/c9-3-6(13)4-1-2-5(12)8(11)7(4)10/h1-2,12H,3H2. The number of phenolic OH excluding ortho intramolecular Hbond substituents is 1. The highest BCUT2D eigenvalue weighted by atomic mass is 79.9. The van der Waals surface area contributed by atoms with Crippen LogP contribution in [0.5, 0.6) is 5.75 Å². The first-order chi connectivity index (χ1) is 6.07. The lowest BCUT2D eigenvalue weighted by atomic mass is 10.1. The molecule has 2 nitrogen and oxygen atoms in total. The first-order valence-corrected chi connectivity index (χ1v) is 5.21. The Bertz CT molecular complexity index is 352. The van der Waals surface area contributed by atoms with E-state index in [9.17, 15) is 4.79 Å². The average Bonchev–Trinajstić information content (AvgIpc) is 2.13. The van der Waals surface area contributed by atoms with Crippen LogP contribution in [-0.2, 0) is 0 Å². The largest absolute Gasteiger partial charge is 0.506 e. The molecular weight excluding hydrogens is 279 g/mol. The van der Waals surface area contributed by atoms with E-state index in [2.05, 4.69) is 15.9 Å². The molecule has 5 heteroatoms. The summed E-state index contributed by atoms with van der Waals surface area (Å²) < 4.78 is 0. The van der Waals surface area contributed by atoms with Crippen LogP contribution in [-0.4, -0.2) is 16.2 Å². The third-order valence-electron chi connectivity index (χ3n) is 1.48. The third-order valence-corrected chi connectivity index (χ3v) is 2.86. The predicted molar refractivity (Wildman–Crippen MR) is 56.3 cm³/mol. The van der Waals surface area contributed by atoms with Crippen molar-refractivity contribution in [3.8, 4) is 5.75 Å². The van der Waals surface area contributed by atoms with E-state index in [1.165, 1.54) is 12.1 Å². The van der Waals surface area contributed by atoms with Crippen molar-refractivity contribution in [3.63, 3.8) is 0 Å². The molecule has 0 fully saturated rings.